The molecule has 1 saturated carbocycles. The summed E-state index contributed by atoms with van der Waals surface area (Å²) in [7, 11) is 0. The molecule has 1 aliphatic carbocycles. The molecule has 1 aliphatic rings. The summed E-state index contributed by atoms with van der Waals surface area (Å²) >= 11 is 0. The van der Waals surface area contributed by atoms with Gasteiger partial charge in [-0.2, -0.15) is 0 Å². The van der Waals surface area contributed by atoms with E-state index in [0.29, 0.717) is 6.54 Å². The van der Waals surface area contributed by atoms with E-state index in [1.807, 2.05) is 0 Å². The number of amides is 1. The predicted octanol–water partition coefficient (Wildman–Crippen LogP) is 1.54. The van der Waals surface area contributed by atoms with Gasteiger partial charge in [0.2, 0.25) is 5.91 Å². The second-order valence-corrected chi connectivity index (χ2v) is 4.77. The fraction of sp³-hybridized carbons (Fsp3) is 0.917. The maximum absolute atomic E-state index is 11.4. The number of hydrogen-bond donors (Lipinski definition) is 2. The number of hydrogen-bond acceptors (Lipinski definition) is 2. The zero-order chi connectivity index (χ0) is 11.1. The predicted molar refractivity (Wildman–Crippen MR) is 62.7 cm³/mol. The van der Waals surface area contributed by atoms with Crippen LogP contribution in [-0.4, -0.2) is 25.5 Å². The molecule has 15 heavy (non-hydrogen) atoms. The van der Waals surface area contributed by atoms with E-state index >= 15 is 0 Å². The van der Waals surface area contributed by atoms with Gasteiger partial charge in [0.1, 0.15) is 0 Å². The molecule has 0 heterocycles. The standard InChI is InChI=1S/C12H24N2O/c1-3-6-13-9-12(15)14-8-11-5-4-10(2)7-11/h10-11,13H,3-9H2,1-2H3,(H,14,15). The zero-order valence-corrected chi connectivity index (χ0v) is 10.0. The molecule has 0 aliphatic heterocycles. The molecule has 2 N–H and O–H groups in total. The first-order valence-corrected chi connectivity index (χ1v) is 6.19. The SMILES string of the molecule is CCCNCC(=O)NCC1CCC(C)C1. The van der Waals surface area contributed by atoms with Crippen molar-refractivity contribution in [2.45, 2.75) is 39.5 Å². The van der Waals surface area contributed by atoms with E-state index in [2.05, 4.69) is 24.5 Å². The molecule has 3 heteroatoms. The Morgan fingerprint density at radius 1 is 1.40 bits per heavy atom. The summed E-state index contributed by atoms with van der Waals surface area (Å²) in [6.07, 6.45) is 4.97. The zero-order valence-electron chi connectivity index (χ0n) is 10.0. The quantitative estimate of drug-likeness (QED) is 0.656. The molecule has 0 aromatic carbocycles. The molecule has 0 radical (unpaired) electrons. The van der Waals surface area contributed by atoms with Crippen LogP contribution in [0.15, 0.2) is 0 Å². The van der Waals surface area contributed by atoms with Crippen molar-refractivity contribution in [2.24, 2.45) is 11.8 Å². The molecule has 88 valence electrons. The van der Waals surface area contributed by atoms with Crippen LogP contribution in [0.4, 0.5) is 0 Å². The second kappa shape index (κ2) is 6.83. The second-order valence-electron chi connectivity index (χ2n) is 4.77. The molecule has 2 unspecified atom stereocenters. The Labute approximate surface area is 93.0 Å². The molecule has 2 atom stereocenters. The molecular weight excluding hydrogens is 188 g/mol. The average molecular weight is 212 g/mol. The third-order valence-corrected chi connectivity index (χ3v) is 3.10. The van der Waals surface area contributed by atoms with Crippen molar-refractivity contribution >= 4 is 5.91 Å². The first-order valence-electron chi connectivity index (χ1n) is 6.19. The molecule has 3 nitrogen and oxygen atoms in total. The Morgan fingerprint density at radius 2 is 2.20 bits per heavy atom. The molecule has 0 aromatic rings. The van der Waals surface area contributed by atoms with Crippen LogP contribution < -0.4 is 10.6 Å². The molecule has 1 fully saturated rings. The lowest BCUT2D eigenvalue weighted by Gasteiger charge is -2.11. The monoisotopic (exact) mass is 212 g/mol. The highest BCUT2D eigenvalue weighted by Gasteiger charge is 2.21. The van der Waals surface area contributed by atoms with Crippen molar-refractivity contribution in [2.75, 3.05) is 19.6 Å². The summed E-state index contributed by atoms with van der Waals surface area (Å²) in [5.41, 5.74) is 0. The van der Waals surface area contributed by atoms with Crippen LogP contribution >= 0.6 is 0 Å². The summed E-state index contributed by atoms with van der Waals surface area (Å²) in [6.45, 7) is 6.66. The van der Waals surface area contributed by atoms with Gasteiger partial charge in [0, 0.05) is 6.54 Å². The van der Waals surface area contributed by atoms with Crippen LogP contribution in [0.3, 0.4) is 0 Å². The largest absolute Gasteiger partial charge is 0.355 e. The summed E-state index contributed by atoms with van der Waals surface area (Å²) < 4.78 is 0. The van der Waals surface area contributed by atoms with E-state index in [4.69, 9.17) is 0 Å². The Kier molecular flexibility index (Phi) is 5.69. The van der Waals surface area contributed by atoms with Gasteiger partial charge in [-0.05, 0) is 37.6 Å². The van der Waals surface area contributed by atoms with Crippen molar-refractivity contribution in [1.82, 2.24) is 10.6 Å². The lowest BCUT2D eigenvalue weighted by Crippen LogP contribution is -2.36. The maximum Gasteiger partial charge on any atom is 0.233 e. The Morgan fingerprint density at radius 3 is 2.80 bits per heavy atom. The van der Waals surface area contributed by atoms with Crippen molar-refractivity contribution < 1.29 is 4.79 Å². The molecule has 1 amide bonds. The molecule has 0 bridgehead atoms. The van der Waals surface area contributed by atoms with Gasteiger partial charge >= 0.3 is 0 Å². The highest BCUT2D eigenvalue weighted by atomic mass is 16.1. The van der Waals surface area contributed by atoms with Crippen molar-refractivity contribution in [3.8, 4) is 0 Å². The van der Waals surface area contributed by atoms with Gasteiger partial charge in [0.25, 0.3) is 0 Å². The number of rotatable bonds is 6. The lowest BCUT2D eigenvalue weighted by atomic mass is 10.1. The topological polar surface area (TPSA) is 41.1 Å². The van der Waals surface area contributed by atoms with Gasteiger partial charge in [-0.25, -0.2) is 0 Å². The van der Waals surface area contributed by atoms with Gasteiger partial charge in [0.15, 0.2) is 0 Å². The third kappa shape index (κ3) is 5.17. The smallest absolute Gasteiger partial charge is 0.233 e. The van der Waals surface area contributed by atoms with Crippen molar-refractivity contribution in [3.63, 3.8) is 0 Å². The van der Waals surface area contributed by atoms with Gasteiger partial charge < -0.3 is 10.6 Å². The highest BCUT2D eigenvalue weighted by Crippen LogP contribution is 2.29. The van der Waals surface area contributed by atoms with Crippen molar-refractivity contribution in [3.05, 3.63) is 0 Å². The van der Waals surface area contributed by atoms with Crippen LogP contribution in [0.1, 0.15) is 39.5 Å². The molecule has 1 rings (SSSR count). The minimum Gasteiger partial charge on any atom is -0.355 e. The number of carbonyl (C=O) groups excluding carboxylic acids is 1. The number of nitrogens with one attached hydrogen (secondary N) is 2. The van der Waals surface area contributed by atoms with Crippen LogP contribution in [0, 0.1) is 11.8 Å². The highest BCUT2D eigenvalue weighted by molar-refractivity contribution is 5.77. The first kappa shape index (κ1) is 12.5. The summed E-state index contributed by atoms with van der Waals surface area (Å²) in [5.74, 6) is 1.71. The normalized spacial score (nSPS) is 25.5. The van der Waals surface area contributed by atoms with E-state index < -0.39 is 0 Å². The summed E-state index contributed by atoms with van der Waals surface area (Å²) in [6, 6.07) is 0. The fourth-order valence-corrected chi connectivity index (χ4v) is 2.21. The average Bonchev–Trinajstić information content (AvgIpc) is 2.62. The lowest BCUT2D eigenvalue weighted by molar-refractivity contribution is -0.120. The molecular formula is C12H24N2O. The van der Waals surface area contributed by atoms with Crippen LogP contribution in [0.2, 0.25) is 0 Å². The first-order chi connectivity index (χ1) is 7.22. The van der Waals surface area contributed by atoms with Gasteiger partial charge in [0.05, 0.1) is 6.54 Å². The Bertz CT molecular complexity index is 194. The molecule has 0 saturated heterocycles. The Hall–Kier alpha value is -0.570. The molecule has 0 spiro atoms. The summed E-state index contributed by atoms with van der Waals surface area (Å²) in [4.78, 5) is 11.4. The van der Waals surface area contributed by atoms with E-state index in [0.717, 1.165) is 31.3 Å². The van der Waals surface area contributed by atoms with E-state index in [9.17, 15) is 4.79 Å². The maximum atomic E-state index is 11.4. The summed E-state index contributed by atoms with van der Waals surface area (Å²) in [5, 5.41) is 6.11. The van der Waals surface area contributed by atoms with Crippen LogP contribution in [0.5, 0.6) is 0 Å². The third-order valence-electron chi connectivity index (χ3n) is 3.10. The molecule has 0 aromatic heterocycles. The van der Waals surface area contributed by atoms with Gasteiger partial charge in [-0.1, -0.05) is 20.3 Å². The van der Waals surface area contributed by atoms with E-state index in [1.165, 1.54) is 19.3 Å². The van der Waals surface area contributed by atoms with Crippen LogP contribution in [-0.2, 0) is 4.79 Å². The fourth-order valence-electron chi connectivity index (χ4n) is 2.21. The number of carbonyl (C=O) groups is 1. The van der Waals surface area contributed by atoms with Crippen LogP contribution in [0.25, 0.3) is 0 Å². The minimum absolute atomic E-state index is 0.142. The Balaban J connectivity index is 2.01. The van der Waals surface area contributed by atoms with Gasteiger partial charge in [-0.3, -0.25) is 4.79 Å². The van der Waals surface area contributed by atoms with E-state index in [-0.39, 0.29) is 5.91 Å². The van der Waals surface area contributed by atoms with Crippen molar-refractivity contribution in [1.29, 1.82) is 0 Å². The van der Waals surface area contributed by atoms with E-state index in [1.54, 1.807) is 0 Å². The van der Waals surface area contributed by atoms with Gasteiger partial charge in [-0.15, -0.1) is 0 Å². The minimum atomic E-state index is 0.142.